The van der Waals surface area contributed by atoms with E-state index in [0.29, 0.717) is 31.2 Å². The van der Waals surface area contributed by atoms with Crippen molar-refractivity contribution in [1.29, 1.82) is 0 Å². The first-order chi connectivity index (χ1) is 12.2. The Morgan fingerprint density at radius 2 is 1.85 bits per heavy atom. The highest BCUT2D eigenvalue weighted by Crippen LogP contribution is 2.29. The van der Waals surface area contributed by atoms with Gasteiger partial charge < -0.3 is 15.1 Å². The van der Waals surface area contributed by atoms with Crippen molar-refractivity contribution in [2.24, 2.45) is 5.92 Å². The van der Waals surface area contributed by atoms with E-state index in [1.165, 1.54) is 12.1 Å². The lowest BCUT2D eigenvalue weighted by Crippen LogP contribution is -2.45. The van der Waals surface area contributed by atoms with Crippen LogP contribution >= 0.6 is 0 Å². The third-order valence-corrected chi connectivity index (χ3v) is 4.76. The lowest BCUT2D eigenvalue weighted by atomic mass is 9.92. The van der Waals surface area contributed by atoms with Gasteiger partial charge in [-0.25, -0.2) is 0 Å². The van der Waals surface area contributed by atoms with Gasteiger partial charge in [-0.2, -0.15) is 13.2 Å². The molecule has 1 aromatic carbocycles. The van der Waals surface area contributed by atoms with E-state index in [-0.39, 0.29) is 11.8 Å². The lowest BCUT2D eigenvalue weighted by molar-refractivity contribution is -0.138. The number of halogens is 3. The number of nitrogens with zero attached hydrogens (tertiary/aromatic N) is 2. The molecule has 1 amide bonds. The molecule has 7 heteroatoms. The van der Waals surface area contributed by atoms with Crippen LogP contribution in [0.5, 0.6) is 0 Å². The number of piperidine rings is 1. The molecule has 1 aromatic rings. The molecular weight excluding hydrogens is 343 g/mol. The average Bonchev–Trinajstić information content (AvgIpc) is 2.57. The quantitative estimate of drug-likeness (QED) is 0.835. The van der Waals surface area contributed by atoms with Crippen LogP contribution in [0.4, 0.5) is 13.2 Å². The van der Waals surface area contributed by atoms with Crippen LogP contribution in [0.3, 0.4) is 0 Å². The second kappa shape index (κ2) is 8.86. The molecule has 0 aromatic heterocycles. The molecule has 1 saturated heterocycles. The highest BCUT2D eigenvalue weighted by Gasteiger charge is 2.31. The fraction of sp³-hybridized carbons (Fsp3) is 0.632. The van der Waals surface area contributed by atoms with E-state index in [1.54, 1.807) is 4.90 Å². The molecule has 1 aliphatic rings. The van der Waals surface area contributed by atoms with Gasteiger partial charge in [-0.3, -0.25) is 4.79 Å². The minimum atomic E-state index is -4.34. The smallest absolute Gasteiger partial charge is 0.337 e. The Bertz CT molecular complexity index is 587. The van der Waals surface area contributed by atoms with E-state index in [0.717, 1.165) is 31.5 Å². The van der Waals surface area contributed by atoms with Crippen molar-refractivity contribution in [3.05, 3.63) is 35.4 Å². The van der Waals surface area contributed by atoms with Crippen molar-refractivity contribution >= 4 is 5.91 Å². The maximum Gasteiger partial charge on any atom is 0.416 e. The summed E-state index contributed by atoms with van der Waals surface area (Å²) in [7, 11) is 3.88. The normalized spacial score (nSPS) is 21.0. The Morgan fingerprint density at radius 3 is 2.38 bits per heavy atom. The lowest BCUT2D eigenvalue weighted by Gasteiger charge is -2.33. The SMILES string of the molecule is C[C@H]1C[C@@H](C(=O)N(CCN(C)C)Cc2ccc(C(F)(F)F)cc2)CCN1. The summed E-state index contributed by atoms with van der Waals surface area (Å²) in [4.78, 5) is 16.8. The number of alkyl halides is 3. The molecule has 1 fully saturated rings. The van der Waals surface area contributed by atoms with Gasteiger partial charge in [0.25, 0.3) is 0 Å². The van der Waals surface area contributed by atoms with E-state index in [4.69, 9.17) is 0 Å². The third-order valence-electron chi connectivity index (χ3n) is 4.76. The molecule has 0 unspecified atom stereocenters. The van der Waals surface area contributed by atoms with Gasteiger partial charge in [0.05, 0.1) is 5.56 Å². The number of nitrogens with one attached hydrogen (secondary N) is 1. The maximum absolute atomic E-state index is 13.0. The molecule has 1 heterocycles. The van der Waals surface area contributed by atoms with Crippen LogP contribution in [0.25, 0.3) is 0 Å². The molecule has 0 radical (unpaired) electrons. The van der Waals surface area contributed by atoms with E-state index >= 15 is 0 Å². The van der Waals surface area contributed by atoms with Crippen LogP contribution in [0.1, 0.15) is 30.9 Å². The van der Waals surface area contributed by atoms with Crippen molar-refractivity contribution < 1.29 is 18.0 Å². The molecule has 0 spiro atoms. The zero-order valence-corrected chi connectivity index (χ0v) is 15.6. The van der Waals surface area contributed by atoms with Gasteiger partial charge >= 0.3 is 6.18 Å². The van der Waals surface area contributed by atoms with Crippen LogP contribution in [0.2, 0.25) is 0 Å². The molecule has 1 aliphatic heterocycles. The van der Waals surface area contributed by atoms with Gasteiger partial charge in [0.1, 0.15) is 0 Å². The van der Waals surface area contributed by atoms with E-state index in [9.17, 15) is 18.0 Å². The number of carbonyl (C=O) groups excluding carboxylic acids is 1. The van der Waals surface area contributed by atoms with Crippen LogP contribution < -0.4 is 5.32 Å². The van der Waals surface area contributed by atoms with Gasteiger partial charge in [-0.05, 0) is 58.1 Å². The maximum atomic E-state index is 13.0. The summed E-state index contributed by atoms with van der Waals surface area (Å²) in [6.07, 6.45) is -2.75. The molecule has 26 heavy (non-hydrogen) atoms. The standard InChI is InChI=1S/C19H28F3N3O/c1-14-12-16(8-9-23-14)18(26)25(11-10-24(2)3)13-15-4-6-17(7-5-15)19(20,21)22/h4-7,14,16,23H,8-13H2,1-3H3/t14-,16-/m0/s1. The topological polar surface area (TPSA) is 35.6 Å². The molecular formula is C19H28F3N3O. The predicted octanol–water partition coefficient (Wildman–Crippen LogP) is 2.98. The van der Waals surface area contributed by atoms with Crippen molar-refractivity contribution in [3.8, 4) is 0 Å². The van der Waals surface area contributed by atoms with E-state index in [1.807, 2.05) is 19.0 Å². The Balaban J connectivity index is 2.09. The van der Waals surface area contributed by atoms with Crippen molar-refractivity contribution in [1.82, 2.24) is 15.1 Å². The minimum Gasteiger partial charge on any atom is -0.337 e. The third kappa shape index (κ3) is 5.99. The summed E-state index contributed by atoms with van der Waals surface area (Å²) in [6.45, 7) is 4.50. The van der Waals surface area contributed by atoms with Gasteiger partial charge in [-0.15, -0.1) is 0 Å². The molecule has 2 rings (SSSR count). The summed E-state index contributed by atoms with van der Waals surface area (Å²) in [5, 5.41) is 3.34. The Morgan fingerprint density at radius 1 is 1.19 bits per heavy atom. The van der Waals surface area contributed by atoms with Gasteiger partial charge in [0.2, 0.25) is 5.91 Å². The van der Waals surface area contributed by atoms with Gasteiger partial charge in [0.15, 0.2) is 0 Å². The van der Waals surface area contributed by atoms with Gasteiger partial charge in [-0.1, -0.05) is 12.1 Å². The molecule has 0 aliphatic carbocycles. The molecule has 0 saturated carbocycles. The monoisotopic (exact) mass is 371 g/mol. The van der Waals surface area contributed by atoms with Crippen molar-refractivity contribution in [2.45, 2.75) is 38.5 Å². The van der Waals surface area contributed by atoms with Crippen LogP contribution in [-0.4, -0.2) is 55.5 Å². The molecule has 2 atom stereocenters. The van der Waals surface area contributed by atoms with Crippen LogP contribution in [-0.2, 0) is 17.5 Å². The first kappa shape index (κ1) is 20.7. The minimum absolute atomic E-state index is 0.0251. The number of amides is 1. The fourth-order valence-electron chi connectivity index (χ4n) is 3.22. The Hall–Kier alpha value is -1.60. The highest BCUT2D eigenvalue weighted by molar-refractivity contribution is 5.79. The zero-order valence-electron chi connectivity index (χ0n) is 15.6. The second-order valence-electron chi connectivity index (χ2n) is 7.33. The summed E-state index contributed by atoms with van der Waals surface area (Å²) in [5.74, 6) is 0.0722. The summed E-state index contributed by atoms with van der Waals surface area (Å²) < 4.78 is 38.2. The molecule has 4 nitrogen and oxygen atoms in total. The Labute approximate surface area is 153 Å². The average molecular weight is 371 g/mol. The van der Waals surface area contributed by atoms with Crippen LogP contribution in [0, 0.1) is 5.92 Å². The Kier molecular flexibility index (Phi) is 7.06. The number of carbonyl (C=O) groups is 1. The number of hydrogen-bond donors (Lipinski definition) is 1. The fourth-order valence-corrected chi connectivity index (χ4v) is 3.22. The number of benzene rings is 1. The summed E-state index contributed by atoms with van der Waals surface area (Å²) >= 11 is 0. The van der Waals surface area contributed by atoms with Crippen molar-refractivity contribution in [2.75, 3.05) is 33.7 Å². The summed E-state index contributed by atoms with van der Waals surface area (Å²) in [6, 6.07) is 5.39. The molecule has 0 bridgehead atoms. The zero-order chi connectivity index (χ0) is 19.3. The first-order valence-corrected chi connectivity index (χ1v) is 9.00. The molecule has 1 N–H and O–H groups in total. The number of rotatable bonds is 6. The van der Waals surface area contributed by atoms with E-state index in [2.05, 4.69) is 12.2 Å². The van der Waals surface area contributed by atoms with Crippen LogP contribution in [0.15, 0.2) is 24.3 Å². The number of likely N-dealkylation sites (N-methyl/N-ethyl adjacent to an activating group) is 1. The molecule has 146 valence electrons. The van der Waals surface area contributed by atoms with E-state index < -0.39 is 11.7 Å². The summed E-state index contributed by atoms with van der Waals surface area (Å²) in [5.41, 5.74) is 0.0479. The van der Waals surface area contributed by atoms with Gasteiger partial charge in [0, 0.05) is 31.6 Å². The largest absolute Gasteiger partial charge is 0.416 e. The number of hydrogen-bond acceptors (Lipinski definition) is 3. The predicted molar refractivity (Wildman–Crippen MR) is 95.6 cm³/mol. The second-order valence-corrected chi connectivity index (χ2v) is 7.33. The highest BCUT2D eigenvalue weighted by atomic mass is 19.4. The first-order valence-electron chi connectivity index (χ1n) is 9.00. The van der Waals surface area contributed by atoms with Crippen molar-refractivity contribution in [3.63, 3.8) is 0 Å².